The van der Waals surface area contributed by atoms with E-state index in [1.54, 1.807) is 60.7 Å². The second-order valence-corrected chi connectivity index (χ2v) is 3.95. The fraction of sp³-hybridized carbons (Fsp3) is 0. The van der Waals surface area contributed by atoms with Crippen molar-refractivity contribution in [2.75, 3.05) is 5.17 Å². The van der Waals surface area contributed by atoms with E-state index in [1.165, 1.54) is 0 Å². The summed E-state index contributed by atoms with van der Waals surface area (Å²) in [4.78, 5) is 5.25. The topological polar surface area (TPSA) is 15.7 Å². The van der Waals surface area contributed by atoms with Crippen LogP contribution in [-0.2, 0) is 4.84 Å². The maximum Gasteiger partial charge on any atom is 0.289 e. The number of benzene rings is 2. The van der Waals surface area contributed by atoms with Crippen molar-refractivity contribution in [3.05, 3.63) is 72.2 Å². The first-order valence-electron chi connectivity index (χ1n) is 5.71. The van der Waals surface area contributed by atoms with Gasteiger partial charge in [-0.1, -0.05) is 58.2 Å². The third-order valence-electron chi connectivity index (χ3n) is 2.70. The number of rotatable bonds is 2. The number of hydrazine groups is 1. The van der Waals surface area contributed by atoms with Gasteiger partial charge in [-0.05, 0) is 17.4 Å². The normalized spacial score (nSPS) is 14.8. The second-order valence-electron chi connectivity index (χ2n) is 3.95. The van der Waals surface area contributed by atoms with Crippen molar-refractivity contribution in [2.24, 2.45) is 0 Å². The zero-order valence-electron chi connectivity index (χ0n) is 9.83. The molecule has 0 radical (unpaired) electrons. The Kier molecular flexibility index (Phi) is 2.79. The molecule has 0 atom stereocenters. The molecule has 19 heavy (non-hydrogen) atoms. The molecule has 2 aromatic carbocycles. The Labute approximate surface area is 108 Å². The molecule has 1 aliphatic rings. The standard InChI is InChI=1S/C14H10F2N2O/c15-14-13(11-7-3-1-4-8-11)19-18(17(14)16)12-9-5-2-6-10-12/h1-10H. The minimum atomic E-state index is -1.07. The summed E-state index contributed by atoms with van der Waals surface area (Å²) in [7, 11) is 0. The van der Waals surface area contributed by atoms with E-state index in [0.29, 0.717) is 11.3 Å². The highest BCUT2D eigenvalue weighted by Crippen LogP contribution is 2.36. The third-order valence-corrected chi connectivity index (χ3v) is 2.70. The van der Waals surface area contributed by atoms with Gasteiger partial charge in [-0.3, -0.25) is 0 Å². The molecule has 2 aromatic rings. The lowest BCUT2D eigenvalue weighted by molar-refractivity contribution is -0.0325. The number of hydrogen-bond acceptors (Lipinski definition) is 3. The third kappa shape index (κ3) is 1.99. The van der Waals surface area contributed by atoms with Gasteiger partial charge in [-0.25, -0.2) is 0 Å². The number of hydrogen-bond donors (Lipinski definition) is 0. The summed E-state index contributed by atoms with van der Waals surface area (Å²) >= 11 is 0. The summed E-state index contributed by atoms with van der Waals surface area (Å²) in [5.74, 6) is -1.22. The van der Waals surface area contributed by atoms with Crippen molar-refractivity contribution in [3.8, 4) is 0 Å². The molecule has 5 heteroatoms. The maximum absolute atomic E-state index is 13.9. The number of anilines is 1. The van der Waals surface area contributed by atoms with Gasteiger partial charge in [-0.15, -0.1) is 0 Å². The second kappa shape index (κ2) is 4.61. The number of halogens is 2. The molecule has 1 heterocycles. The lowest BCUT2D eigenvalue weighted by Gasteiger charge is -2.20. The first-order chi connectivity index (χ1) is 9.27. The van der Waals surface area contributed by atoms with E-state index in [-0.39, 0.29) is 11.0 Å². The Hall–Kier alpha value is -2.56. The lowest BCUT2D eigenvalue weighted by Crippen LogP contribution is -2.28. The van der Waals surface area contributed by atoms with Crippen molar-refractivity contribution >= 4 is 11.4 Å². The molecule has 0 aliphatic carbocycles. The highest BCUT2D eigenvalue weighted by atomic mass is 19.2. The van der Waals surface area contributed by atoms with Crippen LogP contribution in [0.1, 0.15) is 5.56 Å². The summed E-state index contributed by atoms with van der Waals surface area (Å²) in [6, 6.07) is 17.0. The Bertz CT molecular complexity index is 601. The van der Waals surface area contributed by atoms with Crippen molar-refractivity contribution in [1.82, 2.24) is 5.23 Å². The maximum atomic E-state index is 13.9. The van der Waals surface area contributed by atoms with Crippen LogP contribution < -0.4 is 5.17 Å². The van der Waals surface area contributed by atoms with Crippen LogP contribution in [0.15, 0.2) is 66.6 Å². The summed E-state index contributed by atoms with van der Waals surface area (Å²) < 4.78 is 27.7. The average molecular weight is 260 g/mol. The molecule has 1 aliphatic heterocycles. The van der Waals surface area contributed by atoms with Gasteiger partial charge in [0.1, 0.15) is 5.69 Å². The zero-order valence-corrected chi connectivity index (χ0v) is 9.83. The zero-order chi connectivity index (χ0) is 13.2. The quantitative estimate of drug-likeness (QED) is 0.602. The molecule has 0 saturated heterocycles. The molecule has 0 bridgehead atoms. The summed E-state index contributed by atoms with van der Waals surface area (Å²) in [5, 5.41) is 0.606. The molecule has 0 saturated carbocycles. The van der Waals surface area contributed by atoms with Crippen molar-refractivity contribution in [3.63, 3.8) is 0 Å². The molecule has 0 amide bonds. The Morgan fingerprint density at radius 3 is 2.05 bits per heavy atom. The smallest absolute Gasteiger partial charge is 0.289 e. The molecular formula is C14H10F2N2O. The van der Waals surface area contributed by atoms with Crippen LogP contribution in [0.2, 0.25) is 0 Å². The van der Waals surface area contributed by atoms with Gasteiger partial charge in [0.05, 0.1) is 0 Å². The predicted molar refractivity (Wildman–Crippen MR) is 67.4 cm³/mol. The molecule has 96 valence electrons. The number of nitrogens with zero attached hydrogens (tertiary/aromatic N) is 2. The predicted octanol–water partition coefficient (Wildman–Crippen LogP) is 3.84. The monoisotopic (exact) mass is 260 g/mol. The summed E-state index contributed by atoms with van der Waals surface area (Å²) in [6.45, 7) is 0. The van der Waals surface area contributed by atoms with E-state index in [2.05, 4.69) is 0 Å². The van der Waals surface area contributed by atoms with Crippen molar-refractivity contribution < 1.29 is 13.7 Å². The van der Waals surface area contributed by atoms with Crippen LogP contribution in [0.25, 0.3) is 5.76 Å². The van der Waals surface area contributed by atoms with Crippen LogP contribution >= 0.6 is 0 Å². The van der Waals surface area contributed by atoms with Gasteiger partial charge in [0.15, 0.2) is 0 Å². The van der Waals surface area contributed by atoms with E-state index in [1.807, 2.05) is 0 Å². The summed E-state index contributed by atoms with van der Waals surface area (Å²) in [6.07, 6.45) is 0. The van der Waals surface area contributed by atoms with Crippen molar-refractivity contribution in [1.29, 1.82) is 0 Å². The van der Waals surface area contributed by atoms with Gasteiger partial charge in [0, 0.05) is 5.56 Å². The van der Waals surface area contributed by atoms with Gasteiger partial charge in [-0.2, -0.15) is 4.39 Å². The molecule has 0 spiro atoms. The highest BCUT2D eigenvalue weighted by Gasteiger charge is 2.34. The molecule has 0 N–H and O–H groups in total. The molecule has 0 fully saturated rings. The van der Waals surface area contributed by atoms with E-state index in [9.17, 15) is 8.87 Å². The fourth-order valence-corrected chi connectivity index (χ4v) is 1.79. The largest absolute Gasteiger partial charge is 0.351 e. The van der Waals surface area contributed by atoms with Gasteiger partial charge in [0.2, 0.25) is 5.76 Å². The van der Waals surface area contributed by atoms with Crippen LogP contribution in [-0.4, -0.2) is 5.23 Å². The molecule has 0 unspecified atom stereocenters. The van der Waals surface area contributed by atoms with Gasteiger partial charge in [0.25, 0.3) is 5.95 Å². The van der Waals surface area contributed by atoms with E-state index < -0.39 is 5.95 Å². The molecule has 0 aromatic heterocycles. The average Bonchev–Trinajstić information content (AvgIpc) is 2.77. The Balaban J connectivity index is 1.93. The van der Waals surface area contributed by atoms with Crippen LogP contribution in [0.3, 0.4) is 0 Å². The fourth-order valence-electron chi connectivity index (χ4n) is 1.79. The molecule has 3 nitrogen and oxygen atoms in total. The highest BCUT2D eigenvalue weighted by molar-refractivity contribution is 5.65. The van der Waals surface area contributed by atoms with E-state index in [0.717, 1.165) is 5.17 Å². The summed E-state index contributed by atoms with van der Waals surface area (Å²) in [5.41, 5.74) is 0.868. The van der Waals surface area contributed by atoms with Crippen LogP contribution in [0.5, 0.6) is 0 Å². The first kappa shape index (κ1) is 11.5. The SMILES string of the molecule is FC1=C(c2ccccc2)ON(c2ccccc2)N1F. The molecular weight excluding hydrogens is 250 g/mol. The first-order valence-corrected chi connectivity index (χ1v) is 5.71. The number of para-hydroxylation sites is 1. The molecule has 3 rings (SSSR count). The minimum Gasteiger partial charge on any atom is -0.351 e. The van der Waals surface area contributed by atoms with Crippen molar-refractivity contribution in [2.45, 2.75) is 0 Å². The van der Waals surface area contributed by atoms with Gasteiger partial charge < -0.3 is 4.84 Å². The van der Waals surface area contributed by atoms with Crippen LogP contribution in [0, 0.1) is 0 Å². The van der Waals surface area contributed by atoms with Crippen LogP contribution in [0.4, 0.5) is 14.6 Å². The van der Waals surface area contributed by atoms with Gasteiger partial charge >= 0.3 is 0 Å². The minimum absolute atomic E-state index is 0.146. The van der Waals surface area contributed by atoms with E-state index >= 15 is 0 Å². The Morgan fingerprint density at radius 1 is 0.842 bits per heavy atom. The van der Waals surface area contributed by atoms with E-state index in [4.69, 9.17) is 4.84 Å². The Morgan fingerprint density at radius 2 is 1.42 bits per heavy atom. The lowest BCUT2D eigenvalue weighted by atomic mass is 10.2.